The molecular formula is C15H21N3O2. The van der Waals surface area contributed by atoms with Crippen molar-refractivity contribution in [2.24, 2.45) is 10.7 Å². The molecule has 3 rings (SSSR count). The lowest BCUT2D eigenvalue weighted by atomic mass is 9.89. The van der Waals surface area contributed by atoms with Crippen molar-refractivity contribution in [3.8, 4) is 5.75 Å². The Hall–Kier alpha value is -1.75. The average Bonchev–Trinajstić information content (AvgIpc) is 2.65. The second-order valence-electron chi connectivity index (χ2n) is 5.37. The summed E-state index contributed by atoms with van der Waals surface area (Å²) in [6.07, 6.45) is 3.01. The van der Waals surface area contributed by atoms with Crippen LogP contribution in [0.2, 0.25) is 0 Å². The number of hydrogen-bond acceptors (Lipinski definition) is 5. The molecule has 1 atom stereocenters. The van der Waals surface area contributed by atoms with Gasteiger partial charge in [-0.05, 0) is 31.4 Å². The first-order chi connectivity index (χ1) is 9.77. The Bertz CT molecular complexity index is 508. The van der Waals surface area contributed by atoms with Crippen LogP contribution in [0.4, 0.5) is 5.69 Å². The van der Waals surface area contributed by atoms with Crippen molar-refractivity contribution in [3.05, 3.63) is 24.3 Å². The average molecular weight is 275 g/mol. The number of hydrogen-bond donors (Lipinski definition) is 1. The zero-order chi connectivity index (χ0) is 14.0. The van der Waals surface area contributed by atoms with E-state index in [2.05, 4.69) is 9.89 Å². The lowest BCUT2D eigenvalue weighted by Gasteiger charge is -2.38. The molecule has 5 heteroatoms. The van der Waals surface area contributed by atoms with Crippen molar-refractivity contribution in [1.29, 1.82) is 0 Å². The van der Waals surface area contributed by atoms with Gasteiger partial charge in [0.05, 0.1) is 24.9 Å². The number of aliphatic imine (C=N–C) groups is 1. The van der Waals surface area contributed by atoms with Crippen LogP contribution in [0.3, 0.4) is 0 Å². The Balaban J connectivity index is 2.01. The van der Waals surface area contributed by atoms with Crippen LogP contribution in [-0.4, -0.2) is 38.4 Å². The van der Waals surface area contributed by atoms with Crippen LogP contribution in [0, 0.1) is 0 Å². The summed E-state index contributed by atoms with van der Waals surface area (Å²) in [5, 5.41) is 0. The van der Waals surface area contributed by atoms with Gasteiger partial charge in [-0.2, -0.15) is 0 Å². The fourth-order valence-electron chi connectivity index (χ4n) is 3.18. The molecule has 0 aromatic heterocycles. The van der Waals surface area contributed by atoms with Gasteiger partial charge in [0.15, 0.2) is 5.96 Å². The summed E-state index contributed by atoms with van der Waals surface area (Å²) in [4.78, 5) is 6.65. The van der Waals surface area contributed by atoms with E-state index >= 15 is 0 Å². The Labute approximate surface area is 119 Å². The molecule has 108 valence electrons. The van der Waals surface area contributed by atoms with E-state index in [-0.39, 0.29) is 5.54 Å². The molecule has 1 unspecified atom stereocenters. The minimum atomic E-state index is -0.0603. The van der Waals surface area contributed by atoms with E-state index in [0.29, 0.717) is 5.96 Å². The number of benzene rings is 1. The molecule has 1 aromatic carbocycles. The summed E-state index contributed by atoms with van der Waals surface area (Å²) in [5.41, 5.74) is 7.11. The van der Waals surface area contributed by atoms with Crippen molar-refractivity contribution >= 4 is 11.6 Å². The molecule has 2 heterocycles. The minimum Gasteiger partial charge on any atom is -0.495 e. The van der Waals surface area contributed by atoms with Gasteiger partial charge in [0, 0.05) is 13.2 Å². The highest BCUT2D eigenvalue weighted by Crippen LogP contribution is 2.40. The van der Waals surface area contributed by atoms with Crippen LogP contribution in [0.25, 0.3) is 0 Å². The van der Waals surface area contributed by atoms with E-state index in [0.717, 1.165) is 50.5 Å². The van der Waals surface area contributed by atoms with Crippen molar-refractivity contribution < 1.29 is 9.47 Å². The van der Waals surface area contributed by atoms with Gasteiger partial charge in [0.25, 0.3) is 0 Å². The first-order valence-electron chi connectivity index (χ1n) is 7.08. The van der Waals surface area contributed by atoms with Crippen LogP contribution >= 0.6 is 0 Å². The standard InChI is InChI=1S/C15H21N3O2/c1-19-13-6-3-2-5-12(13)18-14(16)17-11-15(18)7-4-9-20-10-8-15/h2-3,5-6H,4,7-11H2,1H3,(H2,16,17). The fourth-order valence-corrected chi connectivity index (χ4v) is 3.18. The summed E-state index contributed by atoms with van der Waals surface area (Å²) in [7, 11) is 1.69. The fraction of sp³-hybridized carbons (Fsp3) is 0.533. The maximum atomic E-state index is 6.17. The molecule has 0 amide bonds. The van der Waals surface area contributed by atoms with Crippen molar-refractivity contribution in [2.45, 2.75) is 24.8 Å². The quantitative estimate of drug-likeness (QED) is 0.893. The van der Waals surface area contributed by atoms with E-state index in [1.54, 1.807) is 7.11 Å². The maximum absolute atomic E-state index is 6.17. The first kappa shape index (κ1) is 13.2. The van der Waals surface area contributed by atoms with Crippen molar-refractivity contribution in [3.63, 3.8) is 0 Å². The third kappa shape index (κ3) is 2.12. The molecular weight excluding hydrogens is 254 g/mol. The Morgan fingerprint density at radius 1 is 1.30 bits per heavy atom. The summed E-state index contributed by atoms with van der Waals surface area (Å²) in [5.74, 6) is 1.41. The van der Waals surface area contributed by atoms with Gasteiger partial charge in [-0.3, -0.25) is 4.99 Å². The van der Waals surface area contributed by atoms with Gasteiger partial charge in [-0.25, -0.2) is 0 Å². The molecule has 1 fully saturated rings. The number of ether oxygens (including phenoxy) is 2. The molecule has 5 nitrogen and oxygen atoms in total. The Kier molecular flexibility index (Phi) is 3.53. The highest BCUT2D eigenvalue weighted by atomic mass is 16.5. The molecule has 0 bridgehead atoms. The summed E-state index contributed by atoms with van der Waals surface area (Å²) in [6, 6.07) is 7.97. The number of nitrogens with zero attached hydrogens (tertiary/aromatic N) is 2. The lowest BCUT2D eigenvalue weighted by molar-refractivity contribution is 0.140. The van der Waals surface area contributed by atoms with Crippen molar-refractivity contribution in [2.75, 3.05) is 31.8 Å². The molecule has 1 aromatic rings. The van der Waals surface area contributed by atoms with Gasteiger partial charge in [-0.1, -0.05) is 12.1 Å². The summed E-state index contributed by atoms with van der Waals surface area (Å²) < 4.78 is 11.1. The predicted octanol–water partition coefficient (Wildman–Crippen LogP) is 1.77. The number of anilines is 1. The van der Waals surface area contributed by atoms with Gasteiger partial charge in [0.2, 0.25) is 0 Å². The second kappa shape index (κ2) is 5.32. The van der Waals surface area contributed by atoms with E-state index in [9.17, 15) is 0 Å². The predicted molar refractivity (Wildman–Crippen MR) is 79.4 cm³/mol. The smallest absolute Gasteiger partial charge is 0.196 e. The molecule has 20 heavy (non-hydrogen) atoms. The second-order valence-corrected chi connectivity index (χ2v) is 5.37. The van der Waals surface area contributed by atoms with E-state index in [1.807, 2.05) is 24.3 Å². The highest BCUT2D eigenvalue weighted by Gasteiger charge is 2.44. The number of guanidine groups is 1. The maximum Gasteiger partial charge on any atom is 0.196 e. The molecule has 2 aliphatic heterocycles. The first-order valence-corrected chi connectivity index (χ1v) is 7.08. The molecule has 2 N–H and O–H groups in total. The topological polar surface area (TPSA) is 60.1 Å². The van der Waals surface area contributed by atoms with Crippen LogP contribution in [0.5, 0.6) is 5.75 Å². The normalized spacial score (nSPS) is 26.4. The third-order valence-electron chi connectivity index (χ3n) is 4.21. The Morgan fingerprint density at radius 2 is 2.15 bits per heavy atom. The number of nitrogens with two attached hydrogens (primary N) is 1. The lowest BCUT2D eigenvalue weighted by Crippen LogP contribution is -2.52. The molecule has 0 aliphatic carbocycles. The molecule has 1 spiro atoms. The van der Waals surface area contributed by atoms with Crippen LogP contribution in [0.15, 0.2) is 29.3 Å². The molecule has 2 aliphatic rings. The summed E-state index contributed by atoms with van der Waals surface area (Å²) in [6.45, 7) is 2.32. The number of para-hydroxylation sites is 2. The van der Waals surface area contributed by atoms with Gasteiger partial charge < -0.3 is 20.1 Å². The van der Waals surface area contributed by atoms with E-state index in [1.165, 1.54) is 0 Å². The third-order valence-corrected chi connectivity index (χ3v) is 4.21. The monoisotopic (exact) mass is 275 g/mol. The van der Waals surface area contributed by atoms with Crippen molar-refractivity contribution in [1.82, 2.24) is 0 Å². The van der Waals surface area contributed by atoms with Crippen LogP contribution < -0.4 is 15.4 Å². The molecule has 0 saturated carbocycles. The van der Waals surface area contributed by atoms with E-state index in [4.69, 9.17) is 15.2 Å². The number of rotatable bonds is 2. The van der Waals surface area contributed by atoms with Crippen LogP contribution in [-0.2, 0) is 4.74 Å². The van der Waals surface area contributed by atoms with Crippen LogP contribution in [0.1, 0.15) is 19.3 Å². The SMILES string of the molecule is COc1ccccc1N1C(N)=NCC12CCCOCC2. The minimum absolute atomic E-state index is 0.0603. The Morgan fingerprint density at radius 3 is 3.00 bits per heavy atom. The molecule has 1 saturated heterocycles. The largest absolute Gasteiger partial charge is 0.495 e. The van der Waals surface area contributed by atoms with Gasteiger partial charge >= 0.3 is 0 Å². The number of methoxy groups -OCH3 is 1. The van der Waals surface area contributed by atoms with Gasteiger partial charge in [0.1, 0.15) is 5.75 Å². The zero-order valence-corrected chi connectivity index (χ0v) is 11.8. The highest BCUT2D eigenvalue weighted by molar-refractivity contribution is 5.99. The van der Waals surface area contributed by atoms with Gasteiger partial charge in [-0.15, -0.1) is 0 Å². The zero-order valence-electron chi connectivity index (χ0n) is 11.8. The molecule has 0 radical (unpaired) electrons. The summed E-state index contributed by atoms with van der Waals surface area (Å²) >= 11 is 0. The van der Waals surface area contributed by atoms with E-state index < -0.39 is 0 Å².